The first kappa shape index (κ1) is 19.8. The van der Waals surface area contributed by atoms with Gasteiger partial charge in [-0.05, 0) is 32.0 Å². The second-order valence-electron chi connectivity index (χ2n) is 7.77. The number of oxazole rings is 1. The lowest BCUT2D eigenvalue weighted by Crippen LogP contribution is -2.36. The molecule has 1 aromatic carbocycles. The highest BCUT2D eigenvalue weighted by Crippen LogP contribution is 2.31. The Morgan fingerprint density at radius 3 is 2.84 bits per heavy atom. The molecule has 2 aliphatic rings. The van der Waals surface area contributed by atoms with Crippen LogP contribution in [0.4, 0.5) is 11.7 Å². The number of hydrogen-bond acceptors (Lipinski definition) is 8. The highest BCUT2D eigenvalue weighted by molar-refractivity contribution is 6.05. The molecule has 31 heavy (non-hydrogen) atoms. The number of amides is 1. The number of fused-ring (bicyclic) bond motifs is 1. The Balaban J connectivity index is 1.36. The van der Waals surface area contributed by atoms with Gasteiger partial charge in [0, 0.05) is 30.7 Å². The van der Waals surface area contributed by atoms with Gasteiger partial charge < -0.3 is 29.4 Å². The van der Waals surface area contributed by atoms with Gasteiger partial charge in [0.15, 0.2) is 5.69 Å². The van der Waals surface area contributed by atoms with E-state index in [9.17, 15) is 4.79 Å². The van der Waals surface area contributed by atoms with Crippen molar-refractivity contribution in [1.29, 1.82) is 0 Å². The summed E-state index contributed by atoms with van der Waals surface area (Å²) in [5.74, 6) is 0.194. The van der Waals surface area contributed by atoms with Crippen LogP contribution in [0.2, 0.25) is 0 Å². The zero-order chi connectivity index (χ0) is 21.2. The zero-order valence-corrected chi connectivity index (χ0v) is 17.5. The van der Waals surface area contributed by atoms with Crippen molar-refractivity contribution in [2.24, 2.45) is 0 Å². The molecule has 0 atom stereocenters. The summed E-state index contributed by atoms with van der Waals surface area (Å²) in [6, 6.07) is 4.55. The SMILES string of the molecule is COc1cc2nn(C3CCNCC3)cc2cc1NC(=O)c1coc(N2CCOCC2)n1. The Morgan fingerprint density at radius 2 is 2.06 bits per heavy atom. The molecule has 2 aromatic heterocycles. The number of anilines is 2. The molecule has 2 fully saturated rings. The summed E-state index contributed by atoms with van der Waals surface area (Å²) in [4.78, 5) is 19.1. The molecule has 2 saturated heterocycles. The van der Waals surface area contributed by atoms with Gasteiger partial charge in [0.1, 0.15) is 12.0 Å². The van der Waals surface area contributed by atoms with Crippen LogP contribution < -0.4 is 20.3 Å². The first-order valence-corrected chi connectivity index (χ1v) is 10.6. The van der Waals surface area contributed by atoms with Crippen molar-refractivity contribution >= 4 is 28.5 Å². The van der Waals surface area contributed by atoms with Crippen LogP contribution in [0.5, 0.6) is 5.75 Å². The minimum absolute atomic E-state index is 0.217. The molecule has 0 unspecified atom stereocenters. The van der Waals surface area contributed by atoms with Crippen LogP contribution in [0.15, 0.2) is 29.0 Å². The summed E-state index contributed by atoms with van der Waals surface area (Å²) >= 11 is 0. The third-order valence-electron chi connectivity index (χ3n) is 5.78. The molecule has 3 aromatic rings. The monoisotopic (exact) mass is 426 g/mol. The molecular weight excluding hydrogens is 400 g/mol. The maximum atomic E-state index is 12.8. The minimum atomic E-state index is -0.355. The highest BCUT2D eigenvalue weighted by Gasteiger charge is 2.21. The van der Waals surface area contributed by atoms with Gasteiger partial charge in [-0.15, -0.1) is 0 Å². The number of piperidine rings is 1. The summed E-state index contributed by atoms with van der Waals surface area (Å²) in [5.41, 5.74) is 1.62. The van der Waals surface area contributed by atoms with E-state index in [1.165, 1.54) is 6.26 Å². The van der Waals surface area contributed by atoms with E-state index in [-0.39, 0.29) is 11.6 Å². The molecule has 2 N–H and O–H groups in total. The molecule has 5 rings (SSSR count). The summed E-state index contributed by atoms with van der Waals surface area (Å²) < 4.78 is 18.4. The van der Waals surface area contributed by atoms with Crippen molar-refractivity contribution in [1.82, 2.24) is 20.1 Å². The molecular formula is C21H26N6O4. The number of ether oxygens (including phenoxy) is 2. The highest BCUT2D eigenvalue weighted by atomic mass is 16.5. The second-order valence-corrected chi connectivity index (χ2v) is 7.77. The number of carbonyl (C=O) groups is 1. The summed E-state index contributed by atoms with van der Waals surface area (Å²) in [5, 5.41) is 12.0. The fourth-order valence-electron chi connectivity index (χ4n) is 4.05. The third-order valence-corrected chi connectivity index (χ3v) is 5.78. The van der Waals surface area contributed by atoms with Crippen LogP contribution in [-0.4, -0.2) is 67.2 Å². The average Bonchev–Trinajstić information content (AvgIpc) is 3.47. The summed E-state index contributed by atoms with van der Waals surface area (Å²) in [7, 11) is 1.58. The molecule has 0 saturated carbocycles. The van der Waals surface area contributed by atoms with Gasteiger partial charge in [-0.1, -0.05) is 0 Å². The molecule has 164 valence electrons. The lowest BCUT2D eigenvalue weighted by atomic mass is 10.1. The normalized spacial score (nSPS) is 17.8. The van der Waals surface area contributed by atoms with Gasteiger partial charge in [0.2, 0.25) is 0 Å². The maximum Gasteiger partial charge on any atom is 0.298 e. The molecule has 2 aliphatic heterocycles. The number of morpholine rings is 1. The number of benzene rings is 1. The number of hydrogen-bond donors (Lipinski definition) is 2. The second kappa shape index (κ2) is 8.56. The Morgan fingerprint density at radius 1 is 1.26 bits per heavy atom. The molecule has 0 spiro atoms. The van der Waals surface area contributed by atoms with Crippen LogP contribution >= 0.6 is 0 Å². The smallest absolute Gasteiger partial charge is 0.298 e. The first-order valence-electron chi connectivity index (χ1n) is 10.6. The zero-order valence-electron chi connectivity index (χ0n) is 17.5. The van der Waals surface area contributed by atoms with Gasteiger partial charge in [0.25, 0.3) is 11.9 Å². The van der Waals surface area contributed by atoms with Crippen LogP contribution in [-0.2, 0) is 4.74 Å². The van der Waals surface area contributed by atoms with E-state index >= 15 is 0 Å². The van der Waals surface area contributed by atoms with E-state index in [0.717, 1.165) is 36.8 Å². The number of aromatic nitrogens is 3. The van der Waals surface area contributed by atoms with E-state index < -0.39 is 0 Å². The number of nitrogens with one attached hydrogen (secondary N) is 2. The summed E-state index contributed by atoms with van der Waals surface area (Å²) in [6.45, 7) is 4.60. The third kappa shape index (κ3) is 4.08. The molecule has 0 bridgehead atoms. The minimum Gasteiger partial charge on any atom is -0.494 e. The van der Waals surface area contributed by atoms with E-state index in [2.05, 4.69) is 15.6 Å². The number of rotatable bonds is 5. The lowest BCUT2D eigenvalue weighted by Gasteiger charge is -2.24. The Hall–Kier alpha value is -3.11. The van der Waals surface area contributed by atoms with Gasteiger partial charge in [-0.2, -0.15) is 10.1 Å². The maximum absolute atomic E-state index is 12.8. The quantitative estimate of drug-likeness (QED) is 0.638. The Bertz CT molecular complexity index is 1070. The Labute approximate surface area is 179 Å². The Kier molecular flexibility index (Phi) is 5.47. The topological polar surface area (TPSA) is 107 Å². The van der Waals surface area contributed by atoms with E-state index in [1.807, 2.05) is 27.9 Å². The van der Waals surface area contributed by atoms with E-state index in [1.54, 1.807) is 7.11 Å². The van der Waals surface area contributed by atoms with Gasteiger partial charge in [-0.25, -0.2) is 0 Å². The van der Waals surface area contributed by atoms with Crippen LogP contribution in [0, 0.1) is 0 Å². The van der Waals surface area contributed by atoms with Gasteiger partial charge in [-0.3, -0.25) is 9.48 Å². The number of methoxy groups -OCH3 is 1. The van der Waals surface area contributed by atoms with Crippen molar-refractivity contribution in [2.45, 2.75) is 18.9 Å². The average molecular weight is 426 g/mol. The van der Waals surface area contributed by atoms with Crippen molar-refractivity contribution in [3.63, 3.8) is 0 Å². The number of carbonyl (C=O) groups excluding carboxylic acids is 1. The van der Waals surface area contributed by atoms with Crippen LogP contribution in [0.3, 0.4) is 0 Å². The summed E-state index contributed by atoms with van der Waals surface area (Å²) in [6.07, 6.45) is 5.51. The van der Waals surface area contributed by atoms with Gasteiger partial charge >= 0.3 is 0 Å². The van der Waals surface area contributed by atoms with Crippen molar-refractivity contribution in [3.05, 3.63) is 30.3 Å². The predicted octanol–water partition coefficient (Wildman–Crippen LogP) is 2.05. The largest absolute Gasteiger partial charge is 0.494 e. The lowest BCUT2D eigenvalue weighted by molar-refractivity contribution is 0.102. The van der Waals surface area contributed by atoms with E-state index in [4.69, 9.17) is 19.0 Å². The standard InChI is InChI=1S/C21H26N6O4/c1-29-19-11-16-14(12-27(25-16)15-2-4-22-5-3-15)10-17(19)23-20(28)18-13-31-21(24-18)26-6-8-30-9-7-26/h10-13,15,22H,2-9H2,1H3,(H,23,28). The predicted molar refractivity (Wildman–Crippen MR) is 115 cm³/mol. The molecule has 0 aliphatic carbocycles. The van der Waals surface area contributed by atoms with Gasteiger partial charge in [0.05, 0.1) is 37.6 Å². The molecule has 1 amide bonds. The van der Waals surface area contributed by atoms with Crippen molar-refractivity contribution < 1.29 is 18.7 Å². The fraction of sp³-hybridized carbons (Fsp3) is 0.476. The first-order chi connectivity index (χ1) is 15.2. The molecule has 10 nitrogen and oxygen atoms in total. The molecule has 4 heterocycles. The van der Waals surface area contributed by atoms with E-state index in [0.29, 0.717) is 49.8 Å². The number of nitrogens with zero attached hydrogens (tertiary/aromatic N) is 4. The van der Waals surface area contributed by atoms with Crippen LogP contribution in [0.25, 0.3) is 10.9 Å². The molecule has 10 heteroatoms. The van der Waals surface area contributed by atoms with Crippen molar-refractivity contribution in [2.75, 3.05) is 56.7 Å². The molecule has 0 radical (unpaired) electrons. The van der Waals surface area contributed by atoms with Crippen LogP contribution in [0.1, 0.15) is 29.4 Å². The van der Waals surface area contributed by atoms with Crippen molar-refractivity contribution in [3.8, 4) is 5.75 Å². The fourth-order valence-corrected chi connectivity index (χ4v) is 4.05.